The summed E-state index contributed by atoms with van der Waals surface area (Å²) in [6.45, 7) is 3.85. The van der Waals surface area contributed by atoms with Crippen molar-refractivity contribution >= 4 is 27.8 Å². The molecule has 2 rings (SSSR count). The average molecular weight is 315 g/mol. The zero-order chi connectivity index (χ0) is 14.9. The molecule has 7 heteroatoms. The lowest BCUT2D eigenvalue weighted by atomic mass is 10.2. The highest BCUT2D eigenvalue weighted by Crippen LogP contribution is 2.27. The lowest BCUT2D eigenvalue weighted by Gasteiger charge is -2.32. The summed E-state index contributed by atoms with van der Waals surface area (Å²) in [6.07, 6.45) is 0. The van der Waals surface area contributed by atoms with Crippen molar-refractivity contribution in [3.8, 4) is 0 Å². The van der Waals surface area contributed by atoms with Gasteiger partial charge >= 0.3 is 5.97 Å². The number of aryl methyl sites for hydroxylation is 2. The van der Waals surface area contributed by atoms with E-state index >= 15 is 0 Å². The Morgan fingerprint density at radius 1 is 1.40 bits per heavy atom. The molecule has 5 nitrogen and oxygen atoms in total. The van der Waals surface area contributed by atoms with Gasteiger partial charge in [-0.25, -0.2) is 8.42 Å². The van der Waals surface area contributed by atoms with Crippen LogP contribution < -0.4 is 0 Å². The van der Waals surface area contributed by atoms with E-state index in [0.717, 1.165) is 9.87 Å². The van der Waals surface area contributed by atoms with Crippen molar-refractivity contribution in [1.82, 2.24) is 4.31 Å². The van der Waals surface area contributed by atoms with Gasteiger partial charge in [0.05, 0.1) is 4.90 Å². The Hall–Kier alpha value is -1.05. The summed E-state index contributed by atoms with van der Waals surface area (Å²) in [5.74, 6) is -0.182. The molecule has 1 aliphatic rings. The normalized spacial score (nSPS) is 20.8. The molecule has 0 spiro atoms. The number of sulfonamides is 1. The smallest absolute Gasteiger partial charge is 0.322 e. The monoisotopic (exact) mass is 315 g/mol. The van der Waals surface area contributed by atoms with Gasteiger partial charge in [0.25, 0.3) is 0 Å². The first-order chi connectivity index (χ1) is 9.34. The van der Waals surface area contributed by atoms with Crippen molar-refractivity contribution in [2.24, 2.45) is 0 Å². The van der Waals surface area contributed by atoms with Gasteiger partial charge in [0.2, 0.25) is 10.0 Å². The van der Waals surface area contributed by atoms with Crippen molar-refractivity contribution in [1.29, 1.82) is 0 Å². The Labute approximate surface area is 123 Å². The van der Waals surface area contributed by atoms with E-state index in [9.17, 15) is 18.3 Å². The Balaban J connectivity index is 2.45. The first-order valence-corrected chi connectivity index (χ1v) is 8.83. The van der Waals surface area contributed by atoms with Crippen LogP contribution in [0.1, 0.15) is 11.1 Å². The van der Waals surface area contributed by atoms with Gasteiger partial charge in [0.15, 0.2) is 0 Å². The topological polar surface area (TPSA) is 74.7 Å². The standard InChI is InChI=1S/C13H17NO4S2/c1-9-3-4-12(10(2)7-9)20(17,18)14-5-6-19-8-11(14)13(15)16/h3-4,7,11H,5-6,8H2,1-2H3,(H,15,16). The minimum absolute atomic E-state index is 0.196. The number of benzene rings is 1. The molecule has 0 aliphatic carbocycles. The van der Waals surface area contributed by atoms with Gasteiger partial charge in [0, 0.05) is 18.1 Å². The van der Waals surface area contributed by atoms with E-state index in [-0.39, 0.29) is 11.4 Å². The van der Waals surface area contributed by atoms with E-state index in [2.05, 4.69) is 0 Å². The number of hydrogen-bond acceptors (Lipinski definition) is 4. The van der Waals surface area contributed by atoms with Crippen molar-refractivity contribution in [2.45, 2.75) is 24.8 Å². The predicted octanol–water partition coefficient (Wildman–Crippen LogP) is 1.49. The van der Waals surface area contributed by atoms with Crippen molar-refractivity contribution in [2.75, 3.05) is 18.1 Å². The molecule has 0 saturated carbocycles. The third-order valence-electron chi connectivity index (χ3n) is 3.28. The largest absolute Gasteiger partial charge is 0.480 e. The number of hydrogen-bond donors (Lipinski definition) is 1. The summed E-state index contributed by atoms with van der Waals surface area (Å²) in [7, 11) is -3.76. The highest BCUT2D eigenvalue weighted by atomic mass is 32.2. The number of carbonyl (C=O) groups is 1. The second-order valence-electron chi connectivity index (χ2n) is 4.81. The maximum absolute atomic E-state index is 12.7. The summed E-state index contributed by atoms with van der Waals surface area (Å²) in [4.78, 5) is 11.5. The molecular weight excluding hydrogens is 298 g/mol. The number of rotatable bonds is 3. The van der Waals surface area contributed by atoms with Crippen LogP contribution in [0.4, 0.5) is 0 Å². The first-order valence-electron chi connectivity index (χ1n) is 6.23. The third-order valence-corrected chi connectivity index (χ3v) is 6.37. The fraction of sp³-hybridized carbons (Fsp3) is 0.462. The van der Waals surface area contributed by atoms with E-state index in [0.29, 0.717) is 17.1 Å². The van der Waals surface area contributed by atoms with Crippen LogP contribution in [0.5, 0.6) is 0 Å². The molecule has 1 saturated heterocycles. The molecule has 110 valence electrons. The summed E-state index contributed by atoms with van der Waals surface area (Å²) in [6, 6.07) is 4.09. The molecule has 1 unspecified atom stereocenters. The Morgan fingerprint density at radius 3 is 2.70 bits per heavy atom. The highest BCUT2D eigenvalue weighted by molar-refractivity contribution is 7.99. The minimum Gasteiger partial charge on any atom is -0.480 e. The molecule has 0 amide bonds. The maximum Gasteiger partial charge on any atom is 0.322 e. The van der Waals surface area contributed by atoms with Crippen molar-refractivity contribution in [3.05, 3.63) is 29.3 Å². The van der Waals surface area contributed by atoms with E-state index in [1.165, 1.54) is 11.8 Å². The van der Waals surface area contributed by atoms with Gasteiger partial charge in [-0.3, -0.25) is 4.79 Å². The molecule has 0 bridgehead atoms. The van der Waals surface area contributed by atoms with E-state index in [1.54, 1.807) is 25.1 Å². The Bertz CT molecular complexity index is 627. The number of carboxylic acids is 1. The molecule has 1 atom stereocenters. The lowest BCUT2D eigenvalue weighted by molar-refractivity contribution is -0.140. The Morgan fingerprint density at radius 2 is 2.10 bits per heavy atom. The third kappa shape index (κ3) is 2.84. The predicted molar refractivity (Wildman–Crippen MR) is 78.6 cm³/mol. The lowest BCUT2D eigenvalue weighted by Crippen LogP contribution is -2.50. The maximum atomic E-state index is 12.7. The van der Waals surface area contributed by atoms with Crippen LogP contribution in [-0.2, 0) is 14.8 Å². The summed E-state index contributed by atoms with van der Waals surface area (Å²) in [5, 5.41) is 9.21. The minimum atomic E-state index is -3.76. The van der Waals surface area contributed by atoms with Crippen LogP contribution >= 0.6 is 11.8 Å². The van der Waals surface area contributed by atoms with E-state index < -0.39 is 22.0 Å². The Kier molecular flexibility index (Phi) is 4.41. The second-order valence-corrected chi connectivity index (χ2v) is 7.82. The van der Waals surface area contributed by atoms with Crippen LogP contribution in [0.2, 0.25) is 0 Å². The van der Waals surface area contributed by atoms with Gasteiger partial charge in [-0.2, -0.15) is 16.1 Å². The van der Waals surface area contributed by atoms with Gasteiger partial charge in [-0.1, -0.05) is 17.7 Å². The molecule has 0 aromatic heterocycles. The van der Waals surface area contributed by atoms with Crippen LogP contribution in [0.3, 0.4) is 0 Å². The van der Waals surface area contributed by atoms with Crippen LogP contribution in [0.25, 0.3) is 0 Å². The molecule has 20 heavy (non-hydrogen) atoms. The van der Waals surface area contributed by atoms with Crippen molar-refractivity contribution < 1.29 is 18.3 Å². The van der Waals surface area contributed by atoms with Gasteiger partial charge < -0.3 is 5.11 Å². The number of carboxylic acid groups (broad SMARTS) is 1. The van der Waals surface area contributed by atoms with E-state index in [1.807, 2.05) is 6.92 Å². The van der Waals surface area contributed by atoms with Gasteiger partial charge in [-0.15, -0.1) is 0 Å². The molecule has 1 N–H and O–H groups in total. The fourth-order valence-electron chi connectivity index (χ4n) is 2.29. The van der Waals surface area contributed by atoms with Gasteiger partial charge in [0.1, 0.15) is 6.04 Å². The molecule has 1 aromatic carbocycles. The number of aliphatic carboxylic acids is 1. The van der Waals surface area contributed by atoms with Crippen LogP contribution in [0.15, 0.2) is 23.1 Å². The first kappa shape index (κ1) is 15.3. The summed E-state index contributed by atoms with van der Waals surface area (Å²) < 4.78 is 26.5. The fourth-order valence-corrected chi connectivity index (χ4v) is 5.32. The molecular formula is C13H17NO4S2. The molecule has 0 radical (unpaired) electrons. The average Bonchev–Trinajstić information content (AvgIpc) is 2.38. The quantitative estimate of drug-likeness (QED) is 0.915. The molecule has 1 fully saturated rings. The molecule has 1 heterocycles. The highest BCUT2D eigenvalue weighted by Gasteiger charge is 2.38. The van der Waals surface area contributed by atoms with Gasteiger partial charge in [-0.05, 0) is 25.5 Å². The number of thioether (sulfide) groups is 1. The second kappa shape index (κ2) is 5.75. The SMILES string of the molecule is Cc1ccc(S(=O)(=O)N2CCSCC2C(=O)O)c(C)c1. The van der Waals surface area contributed by atoms with Crippen molar-refractivity contribution in [3.63, 3.8) is 0 Å². The zero-order valence-corrected chi connectivity index (χ0v) is 13.0. The molecule has 1 aliphatic heterocycles. The van der Waals surface area contributed by atoms with Crippen LogP contribution in [0, 0.1) is 13.8 Å². The molecule has 1 aromatic rings. The van der Waals surface area contributed by atoms with E-state index in [4.69, 9.17) is 0 Å². The zero-order valence-electron chi connectivity index (χ0n) is 11.4. The summed E-state index contributed by atoms with van der Waals surface area (Å²) in [5.41, 5.74) is 1.62. The number of nitrogens with zero attached hydrogens (tertiary/aromatic N) is 1. The summed E-state index contributed by atoms with van der Waals surface area (Å²) >= 11 is 1.47. The van der Waals surface area contributed by atoms with Crippen LogP contribution in [-0.4, -0.2) is 47.9 Å².